The van der Waals surface area contributed by atoms with Crippen molar-refractivity contribution in [1.29, 1.82) is 0 Å². The van der Waals surface area contributed by atoms with Crippen molar-refractivity contribution in [2.24, 2.45) is 5.92 Å². The largest absolute Gasteiger partial charge is 0.482 e. The summed E-state index contributed by atoms with van der Waals surface area (Å²) in [5.74, 6) is 0.200. The maximum Gasteiger partial charge on any atom is 0.257 e. The molecule has 1 aromatic rings. The molecule has 1 amide bonds. The third-order valence-electron chi connectivity index (χ3n) is 4.33. The second-order valence-electron chi connectivity index (χ2n) is 7.28. The molecule has 2 rings (SSSR count). The van der Waals surface area contributed by atoms with E-state index >= 15 is 0 Å². The number of amides is 1. The van der Waals surface area contributed by atoms with Crippen molar-refractivity contribution in [3.8, 4) is 5.75 Å². The predicted octanol–water partition coefficient (Wildman–Crippen LogP) is 1.49. The zero-order valence-corrected chi connectivity index (χ0v) is 18.5. The number of hydrogen-bond acceptors (Lipinski definition) is 6. The Morgan fingerprint density at radius 3 is 2.69 bits per heavy atom. The topological polar surface area (TPSA) is 97.0 Å². The number of nitrogens with one attached hydrogen (secondary N) is 2. The molecule has 2 N–H and O–H groups in total. The lowest BCUT2D eigenvalue weighted by molar-refractivity contribution is -0.123. The molecule has 0 aliphatic carbocycles. The van der Waals surface area contributed by atoms with Crippen molar-refractivity contribution in [2.75, 3.05) is 52.5 Å². The van der Waals surface area contributed by atoms with Gasteiger partial charge in [0, 0.05) is 26.2 Å². The van der Waals surface area contributed by atoms with Gasteiger partial charge in [0.25, 0.3) is 5.91 Å². The van der Waals surface area contributed by atoms with Crippen LogP contribution in [0.4, 0.5) is 0 Å². The van der Waals surface area contributed by atoms with E-state index in [1.165, 1.54) is 18.2 Å². The number of halogens is 1. The number of rotatable bonds is 11. The summed E-state index contributed by atoms with van der Waals surface area (Å²) in [6, 6.07) is 4.18. The van der Waals surface area contributed by atoms with Gasteiger partial charge >= 0.3 is 0 Å². The molecular weight excluding hydrogens is 418 g/mol. The molecule has 0 spiro atoms. The van der Waals surface area contributed by atoms with Crippen LogP contribution in [0.3, 0.4) is 0 Å². The van der Waals surface area contributed by atoms with Crippen LogP contribution in [0.2, 0.25) is 5.02 Å². The normalized spacial score (nSPS) is 15.4. The van der Waals surface area contributed by atoms with Gasteiger partial charge in [0.05, 0.1) is 23.1 Å². The van der Waals surface area contributed by atoms with Gasteiger partial charge in [0.15, 0.2) is 6.61 Å². The van der Waals surface area contributed by atoms with E-state index in [0.717, 1.165) is 39.3 Å². The number of ether oxygens (including phenoxy) is 2. The van der Waals surface area contributed by atoms with Gasteiger partial charge in [0.2, 0.25) is 10.0 Å². The van der Waals surface area contributed by atoms with E-state index in [-0.39, 0.29) is 34.1 Å². The Labute approximate surface area is 177 Å². The standard InChI is InChI=1S/C19H30ClN3O5S/c1-15(2)13-22-29(25,26)16-4-5-18(17(20)12-16)28-14-19(24)21-6-3-7-23-8-10-27-11-9-23/h4-5,12,15,22H,3,6-11,13-14H2,1-2H3,(H,21,24). The molecule has 1 aromatic carbocycles. The average Bonchev–Trinajstić information content (AvgIpc) is 2.69. The molecule has 1 heterocycles. The van der Waals surface area contributed by atoms with Gasteiger partial charge in [-0.3, -0.25) is 9.69 Å². The first-order valence-corrected chi connectivity index (χ1v) is 11.6. The van der Waals surface area contributed by atoms with Crippen LogP contribution in [-0.2, 0) is 19.6 Å². The molecule has 0 unspecified atom stereocenters. The lowest BCUT2D eigenvalue weighted by atomic mass is 10.2. The number of benzene rings is 1. The Morgan fingerprint density at radius 2 is 2.03 bits per heavy atom. The summed E-state index contributed by atoms with van der Waals surface area (Å²) in [5, 5.41) is 2.94. The Kier molecular flexibility index (Phi) is 9.64. The minimum absolute atomic E-state index is 0.0584. The van der Waals surface area contributed by atoms with Crippen molar-refractivity contribution >= 4 is 27.5 Å². The van der Waals surface area contributed by atoms with E-state index in [4.69, 9.17) is 21.1 Å². The Hall–Kier alpha value is -1.39. The minimum atomic E-state index is -3.63. The second kappa shape index (κ2) is 11.7. The lowest BCUT2D eigenvalue weighted by Crippen LogP contribution is -2.38. The third kappa shape index (κ3) is 8.47. The summed E-state index contributed by atoms with van der Waals surface area (Å²) >= 11 is 6.13. The molecule has 29 heavy (non-hydrogen) atoms. The number of nitrogens with zero attached hydrogens (tertiary/aromatic N) is 1. The minimum Gasteiger partial charge on any atom is -0.482 e. The van der Waals surface area contributed by atoms with E-state index < -0.39 is 10.0 Å². The Balaban J connectivity index is 1.74. The van der Waals surface area contributed by atoms with Crippen LogP contribution in [0.25, 0.3) is 0 Å². The smallest absolute Gasteiger partial charge is 0.257 e. The van der Waals surface area contributed by atoms with E-state index in [9.17, 15) is 13.2 Å². The highest BCUT2D eigenvalue weighted by Crippen LogP contribution is 2.27. The summed E-state index contributed by atoms with van der Waals surface area (Å²) in [6.45, 7) is 8.83. The quantitative estimate of drug-likeness (QED) is 0.499. The monoisotopic (exact) mass is 447 g/mol. The Bertz CT molecular complexity index is 767. The lowest BCUT2D eigenvalue weighted by Gasteiger charge is -2.26. The molecule has 1 aliphatic rings. The fraction of sp³-hybridized carbons (Fsp3) is 0.632. The molecule has 0 aromatic heterocycles. The maximum absolute atomic E-state index is 12.2. The average molecular weight is 448 g/mol. The zero-order chi connectivity index (χ0) is 21.3. The van der Waals surface area contributed by atoms with Gasteiger partial charge in [-0.05, 0) is 37.1 Å². The van der Waals surface area contributed by atoms with Crippen LogP contribution in [-0.4, -0.2) is 71.8 Å². The van der Waals surface area contributed by atoms with Gasteiger partial charge in [-0.25, -0.2) is 13.1 Å². The van der Waals surface area contributed by atoms with Crippen molar-refractivity contribution < 1.29 is 22.7 Å². The third-order valence-corrected chi connectivity index (χ3v) is 6.05. The second-order valence-corrected chi connectivity index (χ2v) is 9.46. The van der Waals surface area contributed by atoms with Gasteiger partial charge < -0.3 is 14.8 Å². The molecule has 164 valence electrons. The van der Waals surface area contributed by atoms with Crippen molar-refractivity contribution in [3.05, 3.63) is 23.2 Å². The summed E-state index contributed by atoms with van der Waals surface area (Å²) in [7, 11) is -3.63. The first kappa shape index (κ1) is 23.9. The van der Waals surface area contributed by atoms with Crippen LogP contribution >= 0.6 is 11.6 Å². The fourth-order valence-electron chi connectivity index (χ4n) is 2.68. The summed E-state index contributed by atoms with van der Waals surface area (Å²) in [6.07, 6.45) is 0.850. The molecule has 10 heteroatoms. The maximum atomic E-state index is 12.2. The number of sulfonamides is 1. The SMILES string of the molecule is CC(C)CNS(=O)(=O)c1ccc(OCC(=O)NCCCN2CCOCC2)c(Cl)c1. The van der Waals surface area contributed by atoms with Crippen LogP contribution in [0.15, 0.2) is 23.1 Å². The highest BCUT2D eigenvalue weighted by atomic mass is 35.5. The zero-order valence-electron chi connectivity index (χ0n) is 16.9. The van der Waals surface area contributed by atoms with Crippen molar-refractivity contribution in [1.82, 2.24) is 14.9 Å². The van der Waals surface area contributed by atoms with E-state index in [0.29, 0.717) is 13.1 Å². The van der Waals surface area contributed by atoms with Crippen molar-refractivity contribution in [2.45, 2.75) is 25.2 Å². The summed E-state index contributed by atoms with van der Waals surface area (Å²) in [5.41, 5.74) is 0. The van der Waals surface area contributed by atoms with Gasteiger partial charge in [-0.1, -0.05) is 25.4 Å². The molecule has 1 fully saturated rings. The van der Waals surface area contributed by atoms with Crippen molar-refractivity contribution in [3.63, 3.8) is 0 Å². The molecule has 0 bridgehead atoms. The highest BCUT2D eigenvalue weighted by Gasteiger charge is 2.17. The van der Waals surface area contributed by atoms with Crippen LogP contribution in [0.1, 0.15) is 20.3 Å². The number of carbonyl (C=O) groups is 1. The Morgan fingerprint density at radius 1 is 1.31 bits per heavy atom. The molecule has 0 saturated carbocycles. The van der Waals surface area contributed by atoms with Crippen LogP contribution in [0, 0.1) is 5.92 Å². The molecular formula is C19H30ClN3O5S. The van der Waals surface area contributed by atoms with Crippen LogP contribution < -0.4 is 14.8 Å². The van der Waals surface area contributed by atoms with E-state index in [2.05, 4.69) is 14.9 Å². The molecule has 0 radical (unpaired) electrons. The van der Waals surface area contributed by atoms with Gasteiger partial charge in [-0.2, -0.15) is 0 Å². The first-order chi connectivity index (χ1) is 13.8. The number of morpholine rings is 1. The van der Waals surface area contributed by atoms with Crippen LogP contribution in [0.5, 0.6) is 5.75 Å². The van der Waals surface area contributed by atoms with Gasteiger partial charge in [-0.15, -0.1) is 0 Å². The molecule has 0 atom stereocenters. The summed E-state index contributed by atoms with van der Waals surface area (Å²) < 4.78 is 37.7. The van der Waals surface area contributed by atoms with E-state index in [1.54, 1.807) is 0 Å². The first-order valence-electron chi connectivity index (χ1n) is 9.77. The fourth-order valence-corrected chi connectivity index (χ4v) is 4.21. The highest BCUT2D eigenvalue weighted by molar-refractivity contribution is 7.89. The van der Waals surface area contributed by atoms with E-state index in [1.807, 2.05) is 13.8 Å². The summed E-state index contributed by atoms with van der Waals surface area (Å²) in [4.78, 5) is 14.3. The molecule has 8 nitrogen and oxygen atoms in total. The van der Waals surface area contributed by atoms with Gasteiger partial charge in [0.1, 0.15) is 5.75 Å². The predicted molar refractivity (Wildman–Crippen MR) is 112 cm³/mol. The molecule has 1 aliphatic heterocycles. The number of carbonyl (C=O) groups excluding carboxylic acids is 1. The number of hydrogen-bond donors (Lipinski definition) is 2. The molecule has 1 saturated heterocycles.